The van der Waals surface area contributed by atoms with Gasteiger partial charge < -0.3 is 9.64 Å². The number of carbonyl (C=O) groups is 3. The molecule has 0 saturated carbocycles. The van der Waals surface area contributed by atoms with Gasteiger partial charge in [-0.05, 0) is 18.4 Å². The molecular formula is C15H17NO4. The smallest absolute Gasteiger partial charge is 0.329 e. The van der Waals surface area contributed by atoms with Gasteiger partial charge in [-0.1, -0.05) is 30.3 Å². The number of nitrogens with zero attached hydrogens (tertiary/aromatic N) is 1. The van der Waals surface area contributed by atoms with Gasteiger partial charge in [-0.15, -0.1) is 0 Å². The number of esters is 1. The number of likely N-dealkylation sites (tertiary alicyclic amines) is 1. The predicted octanol–water partition coefficient (Wildman–Crippen LogP) is 1.31. The number of hydrogen-bond donors (Lipinski definition) is 0. The van der Waals surface area contributed by atoms with Crippen molar-refractivity contribution in [3.8, 4) is 0 Å². The lowest BCUT2D eigenvalue weighted by Gasteiger charge is -2.21. The van der Waals surface area contributed by atoms with E-state index in [1.807, 2.05) is 30.3 Å². The van der Waals surface area contributed by atoms with E-state index in [1.165, 1.54) is 11.8 Å². The lowest BCUT2D eigenvalue weighted by atomic mass is 10.2. The molecule has 5 nitrogen and oxygen atoms in total. The van der Waals surface area contributed by atoms with Crippen LogP contribution in [0.5, 0.6) is 0 Å². The standard InChI is InChI=1S/C15H17NO4/c1-11(17)14(18)16-9-5-8-13(16)15(19)20-10-12-6-3-2-4-7-12/h2-4,6-7,13H,5,8-10H2,1H3/t13-/m0/s1. The second-order valence-corrected chi connectivity index (χ2v) is 4.81. The van der Waals surface area contributed by atoms with Crippen LogP contribution in [0.4, 0.5) is 0 Å². The molecule has 1 atom stereocenters. The van der Waals surface area contributed by atoms with Crippen molar-refractivity contribution >= 4 is 17.7 Å². The van der Waals surface area contributed by atoms with Crippen molar-refractivity contribution in [1.29, 1.82) is 0 Å². The highest BCUT2D eigenvalue weighted by Gasteiger charge is 2.36. The van der Waals surface area contributed by atoms with Crippen LogP contribution >= 0.6 is 0 Å². The molecule has 0 spiro atoms. The van der Waals surface area contributed by atoms with E-state index in [0.717, 1.165) is 5.56 Å². The van der Waals surface area contributed by atoms with E-state index in [0.29, 0.717) is 19.4 Å². The number of hydrogen-bond acceptors (Lipinski definition) is 4. The average Bonchev–Trinajstić information content (AvgIpc) is 2.94. The van der Waals surface area contributed by atoms with Gasteiger partial charge in [0, 0.05) is 13.5 Å². The van der Waals surface area contributed by atoms with Gasteiger partial charge in [-0.2, -0.15) is 0 Å². The number of benzene rings is 1. The summed E-state index contributed by atoms with van der Waals surface area (Å²) in [5, 5.41) is 0. The van der Waals surface area contributed by atoms with Crippen molar-refractivity contribution in [1.82, 2.24) is 4.90 Å². The quantitative estimate of drug-likeness (QED) is 0.614. The maximum atomic E-state index is 12.0. The third-order valence-corrected chi connectivity index (χ3v) is 3.31. The first-order valence-corrected chi connectivity index (χ1v) is 6.61. The van der Waals surface area contributed by atoms with E-state index in [2.05, 4.69) is 0 Å². The van der Waals surface area contributed by atoms with Gasteiger partial charge in [0.05, 0.1) is 0 Å². The molecule has 0 radical (unpaired) electrons. The molecule has 1 aromatic rings. The summed E-state index contributed by atoms with van der Waals surface area (Å²) in [5.41, 5.74) is 0.892. The fourth-order valence-electron chi connectivity index (χ4n) is 2.28. The number of amides is 1. The minimum atomic E-state index is -0.630. The number of Topliss-reactive ketones (excluding diaryl/α,β-unsaturated/α-hetero) is 1. The molecule has 0 aliphatic carbocycles. The van der Waals surface area contributed by atoms with Crippen molar-refractivity contribution in [2.24, 2.45) is 0 Å². The first kappa shape index (κ1) is 14.2. The molecule has 0 bridgehead atoms. The predicted molar refractivity (Wildman–Crippen MR) is 71.7 cm³/mol. The first-order chi connectivity index (χ1) is 9.59. The Hall–Kier alpha value is -2.17. The Kier molecular flexibility index (Phi) is 4.50. The lowest BCUT2D eigenvalue weighted by molar-refractivity contribution is -0.156. The normalized spacial score (nSPS) is 17.9. The number of ether oxygens (including phenoxy) is 1. The lowest BCUT2D eigenvalue weighted by Crippen LogP contribution is -2.43. The molecule has 1 amide bonds. The van der Waals surface area contributed by atoms with E-state index in [1.54, 1.807) is 0 Å². The van der Waals surface area contributed by atoms with Crippen LogP contribution in [-0.4, -0.2) is 35.1 Å². The van der Waals surface area contributed by atoms with Gasteiger partial charge in [0.25, 0.3) is 5.91 Å². The highest BCUT2D eigenvalue weighted by Crippen LogP contribution is 2.19. The molecule has 1 aliphatic heterocycles. The number of carbonyl (C=O) groups excluding carboxylic acids is 3. The Morgan fingerprint density at radius 3 is 2.60 bits per heavy atom. The summed E-state index contributed by atoms with van der Waals surface area (Å²) in [4.78, 5) is 36.2. The second-order valence-electron chi connectivity index (χ2n) is 4.81. The summed E-state index contributed by atoms with van der Waals surface area (Å²) in [6.07, 6.45) is 1.26. The molecule has 0 N–H and O–H groups in total. The molecule has 0 unspecified atom stereocenters. The van der Waals surface area contributed by atoms with E-state index < -0.39 is 23.7 Å². The van der Waals surface area contributed by atoms with Crippen LogP contribution in [0.15, 0.2) is 30.3 Å². The summed E-state index contributed by atoms with van der Waals surface area (Å²) in [7, 11) is 0. The van der Waals surface area contributed by atoms with Gasteiger partial charge in [0.1, 0.15) is 12.6 Å². The molecule has 1 aromatic carbocycles. The Morgan fingerprint density at radius 1 is 1.25 bits per heavy atom. The molecule has 1 saturated heterocycles. The first-order valence-electron chi connectivity index (χ1n) is 6.61. The van der Waals surface area contributed by atoms with Crippen molar-refractivity contribution in [2.75, 3.05) is 6.54 Å². The van der Waals surface area contributed by atoms with Gasteiger partial charge in [-0.25, -0.2) is 4.79 Å². The molecule has 1 heterocycles. The fourth-order valence-corrected chi connectivity index (χ4v) is 2.28. The van der Waals surface area contributed by atoms with Crippen LogP contribution in [0.25, 0.3) is 0 Å². The molecule has 1 aliphatic rings. The Labute approximate surface area is 117 Å². The monoisotopic (exact) mass is 275 g/mol. The summed E-state index contributed by atoms with van der Waals surface area (Å²) >= 11 is 0. The molecule has 2 rings (SSSR count). The van der Waals surface area contributed by atoms with Gasteiger partial charge >= 0.3 is 5.97 Å². The minimum Gasteiger partial charge on any atom is -0.459 e. The maximum Gasteiger partial charge on any atom is 0.329 e. The summed E-state index contributed by atoms with van der Waals surface area (Å²) in [6, 6.07) is 8.71. The Bertz CT molecular complexity index is 512. The summed E-state index contributed by atoms with van der Waals surface area (Å²) in [6.45, 7) is 1.83. The highest BCUT2D eigenvalue weighted by atomic mass is 16.5. The van der Waals surface area contributed by atoms with Crippen molar-refractivity contribution < 1.29 is 19.1 Å². The molecule has 5 heteroatoms. The Balaban J connectivity index is 1.94. The topological polar surface area (TPSA) is 63.7 Å². The van der Waals surface area contributed by atoms with Gasteiger partial charge in [-0.3, -0.25) is 9.59 Å². The van der Waals surface area contributed by atoms with Crippen LogP contribution in [-0.2, 0) is 25.7 Å². The van der Waals surface area contributed by atoms with Gasteiger partial charge in [0.15, 0.2) is 0 Å². The minimum absolute atomic E-state index is 0.179. The molecule has 0 aromatic heterocycles. The zero-order valence-electron chi connectivity index (χ0n) is 11.4. The van der Waals surface area contributed by atoms with E-state index in [9.17, 15) is 14.4 Å². The van der Waals surface area contributed by atoms with Crippen LogP contribution in [0.1, 0.15) is 25.3 Å². The summed E-state index contributed by atoms with van der Waals surface area (Å²) in [5.74, 6) is -1.60. The van der Waals surface area contributed by atoms with Gasteiger partial charge in [0.2, 0.25) is 5.78 Å². The average molecular weight is 275 g/mol. The van der Waals surface area contributed by atoms with Crippen molar-refractivity contribution in [2.45, 2.75) is 32.4 Å². The van der Waals surface area contributed by atoms with Crippen LogP contribution < -0.4 is 0 Å². The van der Waals surface area contributed by atoms with Crippen molar-refractivity contribution in [3.63, 3.8) is 0 Å². The Morgan fingerprint density at radius 2 is 1.95 bits per heavy atom. The maximum absolute atomic E-state index is 12.0. The summed E-state index contributed by atoms with van der Waals surface area (Å²) < 4.78 is 5.23. The SMILES string of the molecule is CC(=O)C(=O)N1CCC[C@H]1C(=O)OCc1ccccc1. The number of ketones is 1. The molecule has 106 valence electrons. The van der Waals surface area contributed by atoms with Crippen LogP contribution in [0, 0.1) is 0 Å². The second kappa shape index (κ2) is 6.32. The fraction of sp³-hybridized carbons (Fsp3) is 0.400. The van der Waals surface area contributed by atoms with E-state index >= 15 is 0 Å². The molecule has 20 heavy (non-hydrogen) atoms. The van der Waals surface area contributed by atoms with Crippen LogP contribution in [0.3, 0.4) is 0 Å². The largest absolute Gasteiger partial charge is 0.459 e. The van der Waals surface area contributed by atoms with E-state index in [-0.39, 0.29) is 6.61 Å². The molecular weight excluding hydrogens is 258 g/mol. The zero-order valence-corrected chi connectivity index (χ0v) is 11.4. The zero-order chi connectivity index (χ0) is 14.5. The number of rotatable bonds is 4. The highest BCUT2D eigenvalue weighted by molar-refractivity contribution is 6.35. The third-order valence-electron chi connectivity index (χ3n) is 3.31. The van der Waals surface area contributed by atoms with E-state index in [4.69, 9.17) is 4.74 Å². The van der Waals surface area contributed by atoms with Crippen molar-refractivity contribution in [3.05, 3.63) is 35.9 Å². The van der Waals surface area contributed by atoms with Crippen LogP contribution in [0.2, 0.25) is 0 Å². The molecule has 1 fully saturated rings. The third kappa shape index (κ3) is 3.23.